The van der Waals surface area contributed by atoms with E-state index in [2.05, 4.69) is 5.32 Å². The second-order valence-electron chi connectivity index (χ2n) is 6.61. The first kappa shape index (κ1) is 17.3. The molecule has 1 unspecified atom stereocenters. The van der Waals surface area contributed by atoms with Crippen LogP contribution in [0.2, 0.25) is 0 Å². The summed E-state index contributed by atoms with van der Waals surface area (Å²) in [6.45, 7) is 3.76. The average molecular weight is 339 g/mol. The van der Waals surface area contributed by atoms with Crippen LogP contribution in [0, 0.1) is 6.92 Å². The topological polar surface area (TPSA) is 47.6 Å². The molecule has 1 aliphatic rings. The van der Waals surface area contributed by atoms with Gasteiger partial charge in [0.25, 0.3) is 5.91 Å². The molecular weight excluding hydrogens is 314 g/mol. The molecule has 132 valence electrons. The van der Waals surface area contributed by atoms with Crippen LogP contribution in [0.15, 0.2) is 48.5 Å². The van der Waals surface area contributed by atoms with Gasteiger partial charge in [0.2, 0.25) is 0 Å². The highest BCUT2D eigenvalue weighted by Gasteiger charge is 2.17. The third kappa shape index (κ3) is 4.99. The summed E-state index contributed by atoms with van der Waals surface area (Å²) in [5, 5.41) is 2.87. The minimum atomic E-state index is -0.572. The lowest BCUT2D eigenvalue weighted by atomic mass is 10.2. The second-order valence-corrected chi connectivity index (χ2v) is 6.61. The Morgan fingerprint density at radius 1 is 1.00 bits per heavy atom. The molecule has 2 aromatic rings. The van der Waals surface area contributed by atoms with Gasteiger partial charge in [-0.15, -0.1) is 0 Å². The number of rotatable bonds is 6. The van der Waals surface area contributed by atoms with Crippen LogP contribution in [0.1, 0.15) is 38.2 Å². The van der Waals surface area contributed by atoms with Crippen molar-refractivity contribution in [3.05, 3.63) is 54.1 Å². The maximum Gasteiger partial charge on any atom is 0.265 e. The van der Waals surface area contributed by atoms with Crippen molar-refractivity contribution in [2.24, 2.45) is 0 Å². The lowest BCUT2D eigenvalue weighted by molar-refractivity contribution is -0.122. The molecule has 0 aliphatic heterocycles. The van der Waals surface area contributed by atoms with Gasteiger partial charge in [-0.2, -0.15) is 0 Å². The molecule has 4 nitrogen and oxygen atoms in total. The third-order valence-electron chi connectivity index (χ3n) is 4.43. The van der Waals surface area contributed by atoms with Gasteiger partial charge in [0.15, 0.2) is 6.10 Å². The predicted molar refractivity (Wildman–Crippen MR) is 99.2 cm³/mol. The Labute approximate surface area is 149 Å². The fourth-order valence-electron chi connectivity index (χ4n) is 2.93. The molecule has 1 N–H and O–H groups in total. The van der Waals surface area contributed by atoms with Crippen molar-refractivity contribution in [1.29, 1.82) is 0 Å². The smallest absolute Gasteiger partial charge is 0.265 e. The van der Waals surface area contributed by atoms with Crippen LogP contribution in [-0.2, 0) is 4.79 Å². The number of hydrogen-bond donors (Lipinski definition) is 1. The highest BCUT2D eigenvalue weighted by Crippen LogP contribution is 2.25. The number of anilines is 1. The molecule has 1 aliphatic carbocycles. The molecular formula is C21H25NO3. The number of benzene rings is 2. The summed E-state index contributed by atoms with van der Waals surface area (Å²) in [7, 11) is 0. The highest BCUT2D eigenvalue weighted by molar-refractivity contribution is 5.94. The fourth-order valence-corrected chi connectivity index (χ4v) is 2.93. The quantitative estimate of drug-likeness (QED) is 0.828. The van der Waals surface area contributed by atoms with Gasteiger partial charge in [0.05, 0.1) is 6.10 Å². The molecule has 1 saturated carbocycles. The van der Waals surface area contributed by atoms with Crippen LogP contribution in [0.5, 0.6) is 11.5 Å². The largest absolute Gasteiger partial charge is 0.490 e. The minimum absolute atomic E-state index is 0.176. The maximum atomic E-state index is 12.3. The number of carbonyl (C=O) groups excluding carboxylic acids is 1. The van der Waals surface area contributed by atoms with E-state index >= 15 is 0 Å². The van der Waals surface area contributed by atoms with Gasteiger partial charge in [0, 0.05) is 5.69 Å². The Morgan fingerprint density at radius 2 is 1.60 bits per heavy atom. The number of hydrogen-bond acceptors (Lipinski definition) is 3. The van der Waals surface area contributed by atoms with Crippen LogP contribution in [0.25, 0.3) is 0 Å². The predicted octanol–water partition coefficient (Wildman–Crippen LogP) is 4.72. The van der Waals surface area contributed by atoms with Crippen molar-refractivity contribution >= 4 is 11.6 Å². The normalized spacial score (nSPS) is 15.6. The monoisotopic (exact) mass is 339 g/mol. The Hall–Kier alpha value is -2.49. The fraction of sp³-hybridized carbons (Fsp3) is 0.381. The van der Waals surface area contributed by atoms with E-state index in [1.807, 2.05) is 55.5 Å². The summed E-state index contributed by atoms with van der Waals surface area (Å²) < 4.78 is 11.6. The first-order valence-corrected chi connectivity index (χ1v) is 8.91. The van der Waals surface area contributed by atoms with Gasteiger partial charge in [-0.1, -0.05) is 17.7 Å². The van der Waals surface area contributed by atoms with E-state index in [9.17, 15) is 4.79 Å². The van der Waals surface area contributed by atoms with Gasteiger partial charge in [-0.3, -0.25) is 4.79 Å². The molecule has 4 heteroatoms. The van der Waals surface area contributed by atoms with Gasteiger partial charge >= 0.3 is 0 Å². The van der Waals surface area contributed by atoms with Gasteiger partial charge in [-0.25, -0.2) is 0 Å². The van der Waals surface area contributed by atoms with Crippen LogP contribution >= 0.6 is 0 Å². The van der Waals surface area contributed by atoms with Crippen molar-refractivity contribution in [3.63, 3.8) is 0 Å². The first-order chi connectivity index (χ1) is 12.1. The zero-order valence-corrected chi connectivity index (χ0v) is 14.8. The lowest BCUT2D eigenvalue weighted by Gasteiger charge is -2.16. The summed E-state index contributed by atoms with van der Waals surface area (Å²) in [5.74, 6) is 1.37. The zero-order chi connectivity index (χ0) is 17.6. The van der Waals surface area contributed by atoms with E-state index in [1.165, 1.54) is 12.8 Å². The molecule has 0 aromatic heterocycles. The summed E-state index contributed by atoms with van der Waals surface area (Å²) >= 11 is 0. The summed E-state index contributed by atoms with van der Waals surface area (Å²) in [6.07, 6.45) is 4.52. The highest BCUT2D eigenvalue weighted by atomic mass is 16.5. The van der Waals surface area contributed by atoms with Crippen LogP contribution in [0.3, 0.4) is 0 Å². The van der Waals surface area contributed by atoms with Crippen molar-refractivity contribution in [2.75, 3.05) is 5.32 Å². The van der Waals surface area contributed by atoms with Crippen molar-refractivity contribution < 1.29 is 14.3 Å². The lowest BCUT2D eigenvalue weighted by Crippen LogP contribution is -2.30. The minimum Gasteiger partial charge on any atom is -0.490 e. The molecule has 3 rings (SSSR count). The Bertz CT molecular complexity index is 688. The van der Waals surface area contributed by atoms with Gasteiger partial charge < -0.3 is 14.8 Å². The van der Waals surface area contributed by atoms with E-state index in [0.29, 0.717) is 11.9 Å². The molecule has 0 bridgehead atoms. The number of nitrogens with one attached hydrogen (secondary N) is 1. The number of ether oxygens (including phenoxy) is 2. The van der Waals surface area contributed by atoms with E-state index in [0.717, 1.165) is 29.8 Å². The van der Waals surface area contributed by atoms with E-state index in [-0.39, 0.29) is 5.91 Å². The Kier molecular flexibility index (Phi) is 5.59. The first-order valence-electron chi connectivity index (χ1n) is 8.91. The van der Waals surface area contributed by atoms with E-state index < -0.39 is 6.10 Å². The second kappa shape index (κ2) is 8.06. The van der Waals surface area contributed by atoms with Crippen LogP contribution < -0.4 is 14.8 Å². The van der Waals surface area contributed by atoms with E-state index in [4.69, 9.17) is 9.47 Å². The van der Waals surface area contributed by atoms with Crippen molar-refractivity contribution in [1.82, 2.24) is 0 Å². The standard InChI is InChI=1S/C21H25NO3/c1-15-7-11-19(12-8-15)24-16(2)21(23)22-17-9-13-20(14-10-17)25-18-5-3-4-6-18/h7-14,16,18H,3-6H2,1-2H3,(H,22,23). The SMILES string of the molecule is Cc1ccc(OC(C)C(=O)Nc2ccc(OC3CCCC3)cc2)cc1. The molecule has 1 atom stereocenters. The van der Waals surface area contributed by atoms with Gasteiger partial charge in [0.1, 0.15) is 11.5 Å². The molecule has 0 spiro atoms. The number of aryl methyl sites for hydroxylation is 1. The Morgan fingerprint density at radius 3 is 2.24 bits per heavy atom. The van der Waals surface area contributed by atoms with Crippen LogP contribution in [0.4, 0.5) is 5.69 Å². The van der Waals surface area contributed by atoms with Gasteiger partial charge in [-0.05, 0) is 75.9 Å². The third-order valence-corrected chi connectivity index (χ3v) is 4.43. The summed E-state index contributed by atoms with van der Waals surface area (Å²) in [4.78, 5) is 12.3. The summed E-state index contributed by atoms with van der Waals surface area (Å²) in [5.41, 5.74) is 1.90. The zero-order valence-electron chi connectivity index (χ0n) is 14.8. The molecule has 1 fully saturated rings. The summed E-state index contributed by atoms with van der Waals surface area (Å²) in [6, 6.07) is 15.2. The number of amides is 1. The molecule has 0 heterocycles. The maximum absolute atomic E-state index is 12.3. The van der Waals surface area contributed by atoms with Crippen LogP contribution in [-0.4, -0.2) is 18.1 Å². The Balaban J connectivity index is 1.51. The average Bonchev–Trinajstić information content (AvgIpc) is 3.11. The molecule has 1 amide bonds. The molecule has 25 heavy (non-hydrogen) atoms. The number of carbonyl (C=O) groups is 1. The van der Waals surface area contributed by atoms with Crippen molar-refractivity contribution in [3.8, 4) is 11.5 Å². The molecule has 0 radical (unpaired) electrons. The van der Waals surface area contributed by atoms with E-state index in [1.54, 1.807) is 6.92 Å². The van der Waals surface area contributed by atoms with Crippen molar-refractivity contribution in [2.45, 2.75) is 51.7 Å². The molecule has 2 aromatic carbocycles. The molecule has 0 saturated heterocycles.